The molecule has 0 aliphatic carbocycles. The molecule has 5 nitrogen and oxygen atoms in total. The lowest BCUT2D eigenvalue weighted by molar-refractivity contribution is -0.129. The fourth-order valence-corrected chi connectivity index (χ4v) is 5.21. The number of fused-ring (bicyclic) bond motifs is 5. The molecule has 0 aromatic heterocycles. The fraction of sp³-hybridized carbons (Fsp3) is 0.500. The van der Waals surface area contributed by atoms with Crippen molar-refractivity contribution in [1.82, 2.24) is 0 Å². The molecule has 2 unspecified atom stereocenters. The number of nitriles is 1. The lowest BCUT2D eigenvalue weighted by atomic mass is 9.69. The third kappa shape index (κ3) is 1.80. The lowest BCUT2D eigenvalue weighted by Gasteiger charge is -2.27. The molecule has 124 valence electrons. The van der Waals surface area contributed by atoms with Gasteiger partial charge in [0, 0.05) is 4.90 Å². The molecule has 3 heterocycles. The molecule has 24 heavy (non-hydrogen) atoms. The van der Waals surface area contributed by atoms with Crippen LogP contribution >= 0.6 is 11.8 Å². The Morgan fingerprint density at radius 1 is 1.21 bits per heavy atom. The number of ether oxygens (including phenoxy) is 1. The summed E-state index contributed by atoms with van der Waals surface area (Å²) in [5.74, 6) is -1.16. The van der Waals surface area contributed by atoms with Gasteiger partial charge in [0.1, 0.15) is 6.07 Å². The monoisotopic (exact) mass is 342 g/mol. The maximum atomic E-state index is 13.0. The number of benzene rings is 1. The number of imide groups is 1. The maximum Gasteiger partial charge on any atom is 0.240 e. The molecule has 0 radical (unpaired) electrons. The molecule has 3 saturated heterocycles. The van der Waals surface area contributed by atoms with Gasteiger partial charge in [0.15, 0.2) is 0 Å². The molecule has 0 N–H and O–H groups in total. The van der Waals surface area contributed by atoms with E-state index in [9.17, 15) is 9.59 Å². The summed E-state index contributed by atoms with van der Waals surface area (Å²) in [6.07, 6.45) is 3.49. The van der Waals surface area contributed by atoms with Crippen molar-refractivity contribution in [2.45, 2.75) is 42.8 Å². The molecule has 1 aromatic carbocycles. The minimum Gasteiger partial charge on any atom is -0.367 e. The number of rotatable bonds is 2. The third-order valence-corrected chi connectivity index (χ3v) is 6.55. The Labute approximate surface area is 145 Å². The van der Waals surface area contributed by atoms with E-state index < -0.39 is 23.0 Å². The van der Waals surface area contributed by atoms with E-state index in [-0.39, 0.29) is 11.8 Å². The van der Waals surface area contributed by atoms with Gasteiger partial charge in [0.25, 0.3) is 0 Å². The first kappa shape index (κ1) is 15.7. The van der Waals surface area contributed by atoms with Gasteiger partial charge in [0.2, 0.25) is 11.8 Å². The molecule has 3 aliphatic heterocycles. The summed E-state index contributed by atoms with van der Waals surface area (Å²) in [6, 6.07) is 7.25. The zero-order chi connectivity index (χ0) is 17.3. The highest BCUT2D eigenvalue weighted by atomic mass is 32.2. The van der Waals surface area contributed by atoms with Crippen LogP contribution in [-0.4, -0.2) is 29.3 Å². The van der Waals surface area contributed by atoms with Crippen molar-refractivity contribution in [2.75, 3.05) is 11.2 Å². The molecule has 2 amide bonds. The Bertz CT molecular complexity index is 783. The number of thioether (sulfide) groups is 1. The van der Waals surface area contributed by atoms with Crippen molar-refractivity contribution in [3.63, 3.8) is 0 Å². The van der Waals surface area contributed by atoms with Gasteiger partial charge in [-0.1, -0.05) is 0 Å². The Hall–Kier alpha value is -1.84. The smallest absolute Gasteiger partial charge is 0.240 e. The average molecular weight is 342 g/mol. The van der Waals surface area contributed by atoms with Crippen LogP contribution in [0.2, 0.25) is 0 Å². The second-order valence-electron chi connectivity index (χ2n) is 7.19. The summed E-state index contributed by atoms with van der Waals surface area (Å²) in [4.78, 5) is 28.2. The molecule has 0 spiro atoms. The number of amides is 2. The molecular weight excluding hydrogens is 324 g/mol. The van der Waals surface area contributed by atoms with Crippen molar-refractivity contribution < 1.29 is 14.3 Å². The first-order chi connectivity index (χ1) is 11.3. The third-order valence-electron chi connectivity index (χ3n) is 5.77. The van der Waals surface area contributed by atoms with Crippen molar-refractivity contribution in [3.05, 3.63) is 23.8 Å². The van der Waals surface area contributed by atoms with E-state index >= 15 is 0 Å². The molecule has 3 aliphatic rings. The van der Waals surface area contributed by atoms with E-state index in [1.165, 1.54) is 16.7 Å². The van der Waals surface area contributed by atoms with Crippen LogP contribution in [0.15, 0.2) is 23.1 Å². The number of anilines is 1. The zero-order valence-corrected chi connectivity index (χ0v) is 14.6. The Balaban J connectivity index is 1.78. The minimum atomic E-state index is -0.546. The predicted molar refractivity (Wildman–Crippen MR) is 89.5 cm³/mol. The number of nitrogens with zero attached hydrogens (tertiary/aromatic N) is 2. The Kier molecular flexibility index (Phi) is 3.16. The van der Waals surface area contributed by atoms with Crippen molar-refractivity contribution in [2.24, 2.45) is 11.8 Å². The van der Waals surface area contributed by atoms with Gasteiger partial charge in [-0.05, 0) is 51.1 Å². The van der Waals surface area contributed by atoms with Crippen LogP contribution in [0.3, 0.4) is 0 Å². The second-order valence-corrected chi connectivity index (χ2v) is 8.04. The summed E-state index contributed by atoms with van der Waals surface area (Å²) in [7, 11) is 0. The number of hydrogen-bond acceptors (Lipinski definition) is 5. The van der Waals surface area contributed by atoms with E-state index in [0.29, 0.717) is 11.3 Å². The van der Waals surface area contributed by atoms with Crippen molar-refractivity contribution >= 4 is 29.3 Å². The Morgan fingerprint density at radius 2 is 1.79 bits per heavy atom. The summed E-state index contributed by atoms with van der Waals surface area (Å²) in [5.41, 5.74) is 0.00769. The minimum absolute atomic E-state index is 0.173. The van der Waals surface area contributed by atoms with E-state index in [0.717, 1.165) is 17.7 Å². The highest BCUT2D eigenvalue weighted by Crippen LogP contribution is 2.60. The molecule has 3 fully saturated rings. The van der Waals surface area contributed by atoms with Gasteiger partial charge >= 0.3 is 0 Å². The lowest BCUT2D eigenvalue weighted by Crippen LogP contribution is -2.40. The van der Waals surface area contributed by atoms with E-state index in [4.69, 9.17) is 10.00 Å². The van der Waals surface area contributed by atoms with Crippen LogP contribution in [0.4, 0.5) is 5.69 Å². The first-order valence-corrected chi connectivity index (χ1v) is 9.23. The molecule has 4 atom stereocenters. The summed E-state index contributed by atoms with van der Waals surface area (Å²) in [5, 5.41) is 9.16. The van der Waals surface area contributed by atoms with E-state index in [1.807, 2.05) is 20.1 Å². The SMILES string of the molecule is CSc1cc(N2C(=O)[C@@H]3[C@H](C2=O)C2(C)CCC3(C)O2)ccc1C#N. The fourth-order valence-electron chi connectivity index (χ4n) is 4.63. The highest BCUT2D eigenvalue weighted by molar-refractivity contribution is 7.98. The van der Waals surface area contributed by atoms with Gasteiger partial charge in [-0.25, -0.2) is 4.90 Å². The van der Waals surface area contributed by atoms with Gasteiger partial charge in [-0.15, -0.1) is 11.8 Å². The van der Waals surface area contributed by atoms with E-state index in [2.05, 4.69) is 6.07 Å². The quantitative estimate of drug-likeness (QED) is 0.610. The van der Waals surface area contributed by atoms with Gasteiger partial charge in [0.05, 0.1) is 34.3 Å². The topological polar surface area (TPSA) is 70.4 Å². The summed E-state index contributed by atoms with van der Waals surface area (Å²) in [6.45, 7) is 3.90. The highest BCUT2D eigenvalue weighted by Gasteiger charge is 2.72. The average Bonchev–Trinajstić information content (AvgIpc) is 3.11. The zero-order valence-electron chi connectivity index (χ0n) is 13.8. The second kappa shape index (κ2) is 4.84. The van der Waals surface area contributed by atoms with Crippen LogP contribution < -0.4 is 4.90 Å². The van der Waals surface area contributed by atoms with Crippen LogP contribution in [0.5, 0.6) is 0 Å². The van der Waals surface area contributed by atoms with Crippen molar-refractivity contribution in [1.29, 1.82) is 5.26 Å². The molecule has 0 saturated carbocycles. The number of carbonyl (C=O) groups excluding carboxylic acids is 2. The van der Waals surface area contributed by atoms with Crippen LogP contribution in [0.25, 0.3) is 0 Å². The van der Waals surface area contributed by atoms with E-state index in [1.54, 1.807) is 18.2 Å². The van der Waals surface area contributed by atoms with Crippen LogP contribution in [0.1, 0.15) is 32.3 Å². The molecular formula is C18H18N2O3S. The Morgan fingerprint density at radius 3 is 2.29 bits per heavy atom. The van der Waals surface area contributed by atoms with Gasteiger partial charge in [-0.2, -0.15) is 5.26 Å². The predicted octanol–water partition coefficient (Wildman–Crippen LogP) is 2.73. The first-order valence-electron chi connectivity index (χ1n) is 8.01. The molecule has 1 aromatic rings. The largest absolute Gasteiger partial charge is 0.367 e. The maximum absolute atomic E-state index is 13.0. The standard InChI is InChI=1S/C18H18N2O3S/c1-17-6-7-18(2,23-17)14-13(17)15(21)20(16(14)22)11-5-4-10(9-19)12(8-11)24-3/h4-5,8,13-14H,6-7H2,1-3H3/t13-,14+,17?,18?. The molecule has 6 heteroatoms. The number of carbonyl (C=O) groups is 2. The van der Waals surface area contributed by atoms with Gasteiger partial charge < -0.3 is 4.74 Å². The van der Waals surface area contributed by atoms with Crippen LogP contribution in [0, 0.1) is 23.2 Å². The summed E-state index contributed by atoms with van der Waals surface area (Å²) >= 11 is 1.43. The van der Waals surface area contributed by atoms with Crippen molar-refractivity contribution in [3.8, 4) is 6.07 Å². The summed E-state index contributed by atoms with van der Waals surface area (Å²) < 4.78 is 6.11. The van der Waals surface area contributed by atoms with Gasteiger partial charge in [-0.3, -0.25) is 9.59 Å². The molecule has 2 bridgehead atoms. The number of hydrogen-bond donors (Lipinski definition) is 0. The normalized spacial score (nSPS) is 37.0. The van der Waals surface area contributed by atoms with Crippen LogP contribution in [-0.2, 0) is 14.3 Å². The molecule has 4 rings (SSSR count).